The molecule has 1 fully saturated rings. The van der Waals surface area contributed by atoms with Gasteiger partial charge in [0.05, 0.1) is 4.90 Å². The third kappa shape index (κ3) is 3.18. The van der Waals surface area contributed by atoms with E-state index in [1.807, 2.05) is 11.8 Å². The second-order valence-electron chi connectivity index (χ2n) is 4.51. The largest absolute Gasteiger partial charge is 0.399 e. The zero-order valence-electron chi connectivity index (χ0n) is 10.3. The summed E-state index contributed by atoms with van der Waals surface area (Å²) >= 11 is 1.84. The van der Waals surface area contributed by atoms with E-state index in [0.29, 0.717) is 27.9 Å². The number of rotatable bonds is 4. The summed E-state index contributed by atoms with van der Waals surface area (Å²) < 4.78 is 27.0. The van der Waals surface area contributed by atoms with Crippen LogP contribution in [-0.2, 0) is 10.0 Å². The fourth-order valence-corrected chi connectivity index (χ4v) is 4.67. The Balaban J connectivity index is 2.09. The van der Waals surface area contributed by atoms with Gasteiger partial charge in [0.1, 0.15) is 0 Å². The van der Waals surface area contributed by atoms with Crippen molar-refractivity contribution in [2.75, 3.05) is 18.0 Å². The highest BCUT2D eigenvalue weighted by Crippen LogP contribution is 2.26. The first-order valence-electron chi connectivity index (χ1n) is 5.96. The van der Waals surface area contributed by atoms with E-state index in [4.69, 9.17) is 5.73 Å². The number of anilines is 1. The lowest BCUT2D eigenvalue weighted by Gasteiger charge is -2.12. The van der Waals surface area contributed by atoms with Gasteiger partial charge < -0.3 is 5.73 Å². The van der Waals surface area contributed by atoms with Gasteiger partial charge in [-0.05, 0) is 49.3 Å². The Kier molecular flexibility index (Phi) is 4.19. The van der Waals surface area contributed by atoms with Gasteiger partial charge in [-0.25, -0.2) is 13.1 Å². The van der Waals surface area contributed by atoms with Crippen molar-refractivity contribution in [2.24, 2.45) is 0 Å². The van der Waals surface area contributed by atoms with Crippen molar-refractivity contribution in [3.63, 3.8) is 0 Å². The normalized spacial score (nSPS) is 20.2. The van der Waals surface area contributed by atoms with E-state index in [9.17, 15) is 8.42 Å². The monoisotopic (exact) mass is 286 g/mol. The molecule has 1 saturated heterocycles. The Labute approximate surface area is 112 Å². The van der Waals surface area contributed by atoms with E-state index in [-0.39, 0.29) is 0 Å². The molecule has 0 aromatic heterocycles. The lowest BCUT2D eigenvalue weighted by Crippen LogP contribution is -2.30. The summed E-state index contributed by atoms with van der Waals surface area (Å²) in [4.78, 5) is 0.319. The quantitative estimate of drug-likeness (QED) is 0.827. The molecular formula is C12H18N2O2S2. The summed E-state index contributed by atoms with van der Waals surface area (Å²) in [5.74, 6) is 1.13. The van der Waals surface area contributed by atoms with E-state index in [1.165, 1.54) is 6.42 Å². The molecule has 100 valence electrons. The number of nitrogens with one attached hydrogen (secondary N) is 1. The second kappa shape index (κ2) is 5.50. The predicted octanol–water partition coefficient (Wildman–Crippen LogP) is 1.75. The van der Waals surface area contributed by atoms with E-state index in [1.54, 1.807) is 25.1 Å². The van der Waals surface area contributed by atoms with E-state index in [2.05, 4.69) is 4.72 Å². The third-order valence-electron chi connectivity index (χ3n) is 3.01. The van der Waals surface area contributed by atoms with Gasteiger partial charge in [0.25, 0.3) is 0 Å². The third-order valence-corrected chi connectivity index (χ3v) is 6.00. The number of aryl methyl sites for hydroxylation is 1. The molecule has 1 heterocycles. The molecule has 0 spiro atoms. The molecule has 18 heavy (non-hydrogen) atoms. The smallest absolute Gasteiger partial charge is 0.240 e. The Morgan fingerprint density at radius 2 is 2.28 bits per heavy atom. The zero-order valence-corrected chi connectivity index (χ0v) is 12.0. The maximum absolute atomic E-state index is 12.2. The number of sulfonamides is 1. The van der Waals surface area contributed by atoms with Crippen molar-refractivity contribution in [2.45, 2.75) is 29.9 Å². The van der Waals surface area contributed by atoms with Crippen molar-refractivity contribution in [3.05, 3.63) is 23.8 Å². The zero-order chi connectivity index (χ0) is 13.2. The minimum atomic E-state index is -3.41. The van der Waals surface area contributed by atoms with Gasteiger partial charge in [-0.3, -0.25) is 0 Å². The van der Waals surface area contributed by atoms with Gasteiger partial charge in [-0.15, -0.1) is 0 Å². The number of hydrogen-bond donors (Lipinski definition) is 2. The van der Waals surface area contributed by atoms with E-state index < -0.39 is 10.0 Å². The molecule has 0 bridgehead atoms. The van der Waals surface area contributed by atoms with E-state index in [0.717, 1.165) is 12.2 Å². The fraction of sp³-hybridized carbons (Fsp3) is 0.500. The molecule has 2 rings (SSSR count). The minimum Gasteiger partial charge on any atom is -0.399 e. The van der Waals surface area contributed by atoms with Crippen LogP contribution < -0.4 is 10.5 Å². The lowest BCUT2D eigenvalue weighted by molar-refractivity contribution is 0.578. The first kappa shape index (κ1) is 13.7. The first-order valence-corrected chi connectivity index (χ1v) is 8.49. The molecule has 4 nitrogen and oxygen atoms in total. The molecule has 1 atom stereocenters. The van der Waals surface area contributed by atoms with Crippen LogP contribution in [-0.4, -0.2) is 26.0 Å². The van der Waals surface area contributed by atoms with Gasteiger partial charge in [0.15, 0.2) is 0 Å². The van der Waals surface area contributed by atoms with Crippen LogP contribution in [0.2, 0.25) is 0 Å². The molecule has 1 unspecified atom stereocenters. The van der Waals surface area contributed by atoms with Gasteiger partial charge in [-0.1, -0.05) is 0 Å². The summed E-state index contributed by atoms with van der Waals surface area (Å²) in [6, 6.07) is 4.86. The second-order valence-corrected chi connectivity index (χ2v) is 7.66. The predicted molar refractivity (Wildman–Crippen MR) is 76.3 cm³/mol. The van der Waals surface area contributed by atoms with Crippen molar-refractivity contribution in [1.29, 1.82) is 0 Å². The van der Waals surface area contributed by atoms with Gasteiger partial charge in [0, 0.05) is 17.5 Å². The molecule has 0 amide bonds. The highest BCUT2D eigenvalue weighted by Gasteiger charge is 2.21. The SMILES string of the molecule is Cc1cc(N)ccc1S(=O)(=O)NCC1CCCS1. The van der Waals surface area contributed by atoms with Crippen molar-refractivity contribution < 1.29 is 8.42 Å². The van der Waals surface area contributed by atoms with E-state index >= 15 is 0 Å². The molecule has 3 N–H and O–H groups in total. The summed E-state index contributed by atoms with van der Waals surface area (Å²) in [6.07, 6.45) is 2.27. The minimum absolute atomic E-state index is 0.319. The Morgan fingerprint density at radius 3 is 2.89 bits per heavy atom. The molecule has 1 aliphatic heterocycles. The maximum atomic E-state index is 12.2. The van der Waals surface area contributed by atoms with Gasteiger partial charge in [-0.2, -0.15) is 11.8 Å². The Hall–Kier alpha value is -0.720. The highest BCUT2D eigenvalue weighted by atomic mass is 32.2. The number of nitrogen functional groups attached to an aromatic ring is 1. The van der Waals surface area contributed by atoms with Crippen LogP contribution >= 0.6 is 11.8 Å². The van der Waals surface area contributed by atoms with Crippen molar-refractivity contribution in [3.8, 4) is 0 Å². The van der Waals surface area contributed by atoms with Crippen molar-refractivity contribution in [1.82, 2.24) is 4.72 Å². The molecule has 6 heteroatoms. The van der Waals surface area contributed by atoms with Crippen LogP contribution in [0.15, 0.2) is 23.1 Å². The number of thioether (sulfide) groups is 1. The average Bonchev–Trinajstić information content (AvgIpc) is 2.78. The molecule has 1 aromatic rings. The van der Waals surface area contributed by atoms with Gasteiger partial charge >= 0.3 is 0 Å². The van der Waals surface area contributed by atoms with Crippen LogP contribution in [0.3, 0.4) is 0 Å². The number of nitrogens with two attached hydrogens (primary N) is 1. The highest BCUT2D eigenvalue weighted by molar-refractivity contribution is 8.00. The Bertz CT molecular complexity index is 523. The molecule has 1 aromatic carbocycles. The summed E-state index contributed by atoms with van der Waals surface area (Å²) in [5.41, 5.74) is 6.89. The number of benzene rings is 1. The molecule has 0 aliphatic carbocycles. The lowest BCUT2D eigenvalue weighted by atomic mass is 10.2. The molecular weight excluding hydrogens is 268 g/mol. The van der Waals surface area contributed by atoms with Gasteiger partial charge in [0.2, 0.25) is 10.0 Å². The topological polar surface area (TPSA) is 72.2 Å². The fourth-order valence-electron chi connectivity index (χ4n) is 2.06. The summed E-state index contributed by atoms with van der Waals surface area (Å²) in [6.45, 7) is 2.27. The molecule has 0 radical (unpaired) electrons. The Morgan fingerprint density at radius 1 is 1.50 bits per heavy atom. The van der Waals surface area contributed by atoms with Crippen LogP contribution in [0.1, 0.15) is 18.4 Å². The molecule has 1 aliphatic rings. The van der Waals surface area contributed by atoms with Crippen LogP contribution in [0, 0.1) is 6.92 Å². The summed E-state index contributed by atoms with van der Waals surface area (Å²) in [7, 11) is -3.41. The average molecular weight is 286 g/mol. The maximum Gasteiger partial charge on any atom is 0.240 e. The van der Waals surface area contributed by atoms with Crippen LogP contribution in [0.4, 0.5) is 5.69 Å². The molecule has 0 saturated carbocycles. The van der Waals surface area contributed by atoms with Crippen LogP contribution in [0.25, 0.3) is 0 Å². The summed E-state index contributed by atoms with van der Waals surface area (Å²) in [5, 5.41) is 0.411. The first-order chi connectivity index (χ1) is 8.49. The van der Waals surface area contributed by atoms with Crippen molar-refractivity contribution >= 4 is 27.5 Å². The standard InChI is InChI=1S/C12H18N2O2S2/c1-9-7-10(13)4-5-12(9)18(15,16)14-8-11-3-2-6-17-11/h4-5,7,11,14H,2-3,6,8,13H2,1H3. The number of hydrogen-bond acceptors (Lipinski definition) is 4. The van der Waals surface area contributed by atoms with Crippen LogP contribution in [0.5, 0.6) is 0 Å².